The number of pyridine rings is 1. The fourth-order valence-electron chi connectivity index (χ4n) is 5.27. The number of benzene rings is 2. The second-order valence-corrected chi connectivity index (χ2v) is 9.25. The molecular weight excluding hydrogens is 420 g/mol. The zero-order chi connectivity index (χ0) is 23.1. The molecule has 0 spiro atoms. The number of nitrogens with one attached hydrogen (secondary N) is 1. The van der Waals surface area contributed by atoms with Crippen molar-refractivity contribution in [2.24, 2.45) is 7.05 Å². The van der Waals surface area contributed by atoms with E-state index in [1.54, 1.807) is 0 Å². The van der Waals surface area contributed by atoms with E-state index in [0.717, 1.165) is 54.6 Å². The highest BCUT2D eigenvalue weighted by molar-refractivity contribution is 5.96. The average molecular weight is 447 g/mol. The molecule has 6 rings (SSSR count). The van der Waals surface area contributed by atoms with Crippen molar-refractivity contribution >= 4 is 21.9 Å². The summed E-state index contributed by atoms with van der Waals surface area (Å²) < 4.78 is 2.24. The van der Waals surface area contributed by atoms with Crippen molar-refractivity contribution < 1.29 is 0 Å². The molecule has 1 saturated heterocycles. The summed E-state index contributed by atoms with van der Waals surface area (Å²) in [5, 5.41) is 18.5. The fourth-order valence-corrected chi connectivity index (χ4v) is 5.27. The summed E-state index contributed by atoms with van der Waals surface area (Å²) in [4.78, 5) is 7.25. The van der Waals surface area contributed by atoms with Crippen molar-refractivity contribution in [3.63, 3.8) is 0 Å². The van der Waals surface area contributed by atoms with Gasteiger partial charge in [-0.2, -0.15) is 10.4 Å². The van der Waals surface area contributed by atoms with Gasteiger partial charge in [-0.05, 0) is 84.9 Å². The Labute approximate surface area is 198 Å². The second kappa shape index (κ2) is 8.44. The minimum atomic E-state index is 0.572. The number of nitrogens with zero attached hydrogens (tertiary/aromatic N) is 5. The molecule has 2 aromatic carbocycles. The van der Waals surface area contributed by atoms with Crippen molar-refractivity contribution in [2.45, 2.75) is 25.3 Å². The van der Waals surface area contributed by atoms with Crippen LogP contribution in [0.2, 0.25) is 0 Å². The van der Waals surface area contributed by atoms with Gasteiger partial charge in [0.15, 0.2) is 0 Å². The van der Waals surface area contributed by atoms with E-state index in [0.29, 0.717) is 5.92 Å². The highest BCUT2D eigenvalue weighted by atomic mass is 15.2. The molecule has 1 fully saturated rings. The van der Waals surface area contributed by atoms with E-state index in [-0.39, 0.29) is 0 Å². The summed E-state index contributed by atoms with van der Waals surface area (Å²) >= 11 is 0. The minimum Gasteiger partial charge on any atom is -0.331 e. The lowest BCUT2D eigenvalue weighted by atomic mass is 9.89. The van der Waals surface area contributed by atoms with Gasteiger partial charge in [-0.25, -0.2) is 4.98 Å². The number of H-pyrrole nitrogens is 1. The van der Waals surface area contributed by atoms with E-state index >= 15 is 0 Å². The molecule has 3 aromatic heterocycles. The number of rotatable bonds is 4. The number of aryl methyl sites for hydroxylation is 1. The normalized spacial score (nSPS) is 15.2. The predicted molar refractivity (Wildman–Crippen MR) is 134 cm³/mol. The van der Waals surface area contributed by atoms with Gasteiger partial charge in [0, 0.05) is 36.3 Å². The first-order valence-corrected chi connectivity index (χ1v) is 11.8. The van der Waals surface area contributed by atoms with Gasteiger partial charge in [-0.3, -0.25) is 10.00 Å². The number of aromatic amines is 1. The number of piperidine rings is 1. The van der Waals surface area contributed by atoms with Gasteiger partial charge in [0.25, 0.3) is 0 Å². The van der Waals surface area contributed by atoms with E-state index in [2.05, 4.69) is 75.2 Å². The van der Waals surface area contributed by atoms with Crippen molar-refractivity contribution in [3.8, 4) is 17.2 Å². The van der Waals surface area contributed by atoms with Crippen LogP contribution in [-0.2, 0) is 13.6 Å². The van der Waals surface area contributed by atoms with Gasteiger partial charge in [-0.1, -0.05) is 18.2 Å². The van der Waals surface area contributed by atoms with Crippen molar-refractivity contribution in [2.75, 3.05) is 13.1 Å². The Balaban J connectivity index is 1.22. The van der Waals surface area contributed by atoms with Gasteiger partial charge < -0.3 is 4.57 Å². The first-order chi connectivity index (χ1) is 16.7. The SMILES string of the molecule is Cn1c(CN2CCC(c3ccc(C#N)cc3)CC2)cc2c(-c3ccc4[nH]ncc4c3)ccnc21. The molecule has 6 nitrogen and oxygen atoms in total. The van der Waals surface area contributed by atoms with Gasteiger partial charge in [0.05, 0.1) is 23.3 Å². The molecule has 0 unspecified atom stereocenters. The highest BCUT2D eigenvalue weighted by Gasteiger charge is 2.22. The van der Waals surface area contributed by atoms with E-state index in [9.17, 15) is 0 Å². The Hall–Kier alpha value is -3.95. The zero-order valence-corrected chi connectivity index (χ0v) is 19.2. The number of fused-ring (bicyclic) bond motifs is 2. The number of hydrogen-bond donors (Lipinski definition) is 1. The minimum absolute atomic E-state index is 0.572. The molecule has 5 aromatic rings. The molecule has 0 radical (unpaired) electrons. The summed E-state index contributed by atoms with van der Waals surface area (Å²) in [7, 11) is 2.12. The van der Waals surface area contributed by atoms with Crippen molar-refractivity contribution in [1.29, 1.82) is 5.26 Å². The molecule has 34 heavy (non-hydrogen) atoms. The van der Waals surface area contributed by atoms with Crippen molar-refractivity contribution in [3.05, 3.63) is 83.8 Å². The van der Waals surface area contributed by atoms with E-state index < -0.39 is 0 Å². The molecule has 1 aliphatic heterocycles. The van der Waals surface area contributed by atoms with Gasteiger partial charge >= 0.3 is 0 Å². The molecule has 168 valence electrons. The Kier molecular flexibility index (Phi) is 5.12. The number of likely N-dealkylation sites (tertiary alicyclic amines) is 1. The first kappa shape index (κ1) is 20.6. The fraction of sp³-hybridized carbons (Fsp3) is 0.250. The summed E-state index contributed by atoms with van der Waals surface area (Å²) in [6, 6.07) is 21.2. The van der Waals surface area contributed by atoms with Crippen LogP contribution in [0.15, 0.2) is 67.0 Å². The summed E-state index contributed by atoms with van der Waals surface area (Å²) in [5.74, 6) is 0.572. The van der Waals surface area contributed by atoms with Gasteiger partial charge in [0.1, 0.15) is 5.65 Å². The molecule has 0 aliphatic carbocycles. The maximum atomic E-state index is 9.04. The third-order valence-electron chi connectivity index (χ3n) is 7.26. The summed E-state index contributed by atoms with van der Waals surface area (Å²) in [6.07, 6.45) is 6.06. The molecule has 0 atom stereocenters. The van der Waals surface area contributed by atoms with Crippen LogP contribution >= 0.6 is 0 Å². The van der Waals surface area contributed by atoms with Crippen LogP contribution in [0.5, 0.6) is 0 Å². The van der Waals surface area contributed by atoms with Gasteiger partial charge in [0.2, 0.25) is 0 Å². The van der Waals surface area contributed by atoms with E-state index in [4.69, 9.17) is 10.2 Å². The monoisotopic (exact) mass is 446 g/mol. The topological polar surface area (TPSA) is 73.5 Å². The van der Waals surface area contributed by atoms with Crippen LogP contribution in [0.1, 0.15) is 35.6 Å². The van der Waals surface area contributed by atoms with Crippen LogP contribution < -0.4 is 0 Å². The summed E-state index contributed by atoms with van der Waals surface area (Å²) in [6.45, 7) is 3.07. The largest absolute Gasteiger partial charge is 0.331 e. The number of nitriles is 1. The lowest BCUT2D eigenvalue weighted by Crippen LogP contribution is -2.33. The highest BCUT2D eigenvalue weighted by Crippen LogP contribution is 2.33. The quantitative estimate of drug-likeness (QED) is 0.403. The molecule has 4 heterocycles. The maximum Gasteiger partial charge on any atom is 0.140 e. The van der Waals surface area contributed by atoms with Gasteiger partial charge in [-0.15, -0.1) is 0 Å². The van der Waals surface area contributed by atoms with Crippen LogP contribution in [0.4, 0.5) is 0 Å². The first-order valence-electron chi connectivity index (χ1n) is 11.8. The zero-order valence-electron chi connectivity index (χ0n) is 19.2. The third kappa shape index (κ3) is 3.64. The van der Waals surface area contributed by atoms with Crippen LogP contribution in [-0.4, -0.2) is 37.7 Å². The molecule has 1 N–H and O–H groups in total. The van der Waals surface area contributed by atoms with Crippen LogP contribution in [0, 0.1) is 11.3 Å². The van der Waals surface area contributed by atoms with E-state index in [1.807, 2.05) is 24.5 Å². The van der Waals surface area contributed by atoms with E-state index in [1.165, 1.54) is 27.8 Å². The third-order valence-corrected chi connectivity index (χ3v) is 7.26. The Morgan fingerprint density at radius 1 is 1.06 bits per heavy atom. The maximum absolute atomic E-state index is 9.04. The van der Waals surface area contributed by atoms with Crippen molar-refractivity contribution in [1.82, 2.24) is 24.6 Å². The summed E-state index contributed by atoms with van der Waals surface area (Å²) in [5.41, 5.74) is 7.83. The van der Waals surface area contributed by atoms with Crippen LogP contribution in [0.3, 0.4) is 0 Å². The molecule has 6 heteroatoms. The Morgan fingerprint density at radius 2 is 1.88 bits per heavy atom. The second-order valence-electron chi connectivity index (χ2n) is 9.25. The molecule has 1 aliphatic rings. The predicted octanol–water partition coefficient (Wildman–Crippen LogP) is 5.37. The average Bonchev–Trinajstić information content (AvgIpc) is 3.48. The molecule has 0 saturated carbocycles. The Bertz CT molecular complexity index is 1510. The number of hydrogen-bond acceptors (Lipinski definition) is 4. The molecule has 0 bridgehead atoms. The lowest BCUT2D eigenvalue weighted by Gasteiger charge is -2.32. The Morgan fingerprint density at radius 3 is 2.68 bits per heavy atom. The van der Waals surface area contributed by atoms with Crippen LogP contribution in [0.25, 0.3) is 33.1 Å². The molecule has 0 amide bonds. The standard InChI is InChI=1S/C28H26N6/c1-33-24(18-34-12-9-21(10-13-34)20-4-2-19(16-29)3-5-20)15-26-25(8-11-30-28(26)33)22-6-7-27-23(14-22)17-31-32-27/h2-8,11,14-15,17,21H,9-10,12-13,18H2,1H3,(H,31,32). The number of aromatic nitrogens is 4. The molecular formula is C28H26N6. The lowest BCUT2D eigenvalue weighted by molar-refractivity contribution is 0.201. The smallest absolute Gasteiger partial charge is 0.140 e.